The number of rotatable bonds is 1. The molecule has 0 atom stereocenters. The van der Waals surface area contributed by atoms with E-state index >= 15 is 0 Å². The van der Waals surface area contributed by atoms with Crippen molar-refractivity contribution in [1.82, 2.24) is 9.55 Å². The third-order valence-electron chi connectivity index (χ3n) is 1.99. The number of aromatic nitrogens is 2. The molecule has 0 spiro atoms. The maximum Gasteiger partial charge on any atom is 0.262 e. The summed E-state index contributed by atoms with van der Waals surface area (Å²) in [5, 5.41) is 0.546. The Hall–Kier alpha value is -1.07. The van der Waals surface area contributed by atoms with E-state index in [1.807, 2.05) is 0 Å². The molecular weight excluding hydrogens is 224 g/mol. The van der Waals surface area contributed by atoms with E-state index < -0.39 is 9.05 Å². The Balaban J connectivity index is 2.92. The van der Waals surface area contributed by atoms with Gasteiger partial charge in [0.1, 0.15) is 5.65 Å². The first kappa shape index (κ1) is 9.48. The summed E-state index contributed by atoms with van der Waals surface area (Å²) in [4.78, 5) is 4.16. The van der Waals surface area contributed by atoms with Crippen molar-refractivity contribution in [2.45, 2.75) is 4.90 Å². The van der Waals surface area contributed by atoms with Crippen molar-refractivity contribution in [3.63, 3.8) is 0 Å². The number of pyridine rings is 1. The van der Waals surface area contributed by atoms with Gasteiger partial charge in [-0.15, -0.1) is 0 Å². The van der Waals surface area contributed by atoms with Gasteiger partial charge >= 0.3 is 0 Å². The smallest absolute Gasteiger partial charge is 0.262 e. The van der Waals surface area contributed by atoms with Gasteiger partial charge in [-0.2, -0.15) is 0 Å². The van der Waals surface area contributed by atoms with Crippen LogP contribution < -0.4 is 0 Å². The Morgan fingerprint density at radius 2 is 2.14 bits per heavy atom. The Bertz CT molecular complexity index is 588. The van der Waals surface area contributed by atoms with Gasteiger partial charge < -0.3 is 4.57 Å². The molecule has 2 aromatic heterocycles. The normalized spacial score (nSPS) is 12.1. The van der Waals surface area contributed by atoms with Crippen LogP contribution in [0.25, 0.3) is 11.0 Å². The zero-order valence-corrected chi connectivity index (χ0v) is 8.88. The van der Waals surface area contributed by atoms with Crippen molar-refractivity contribution in [2.75, 3.05) is 0 Å². The maximum absolute atomic E-state index is 11.2. The van der Waals surface area contributed by atoms with Crippen LogP contribution in [0.3, 0.4) is 0 Å². The van der Waals surface area contributed by atoms with Crippen LogP contribution in [0.2, 0.25) is 0 Å². The van der Waals surface area contributed by atoms with Crippen molar-refractivity contribution >= 4 is 30.8 Å². The van der Waals surface area contributed by atoms with Crippen molar-refractivity contribution in [1.29, 1.82) is 0 Å². The van der Waals surface area contributed by atoms with E-state index in [9.17, 15) is 8.42 Å². The third kappa shape index (κ3) is 1.38. The van der Waals surface area contributed by atoms with Gasteiger partial charge in [-0.25, -0.2) is 13.4 Å². The van der Waals surface area contributed by atoms with Crippen molar-refractivity contribution in [3.8, 4) is 0 Å². The SMILES string of the molecule is Cn1ccc2c(S(=O)(=O)Cl)ccnc21. The Morgan fingerprint density at radius 1 is 1.43 bits per heavy atom. The quantitative estimate of drug-likeness (QED) is 0.698. The lowest BCUT2D eigenvalue weighted by Crippen LogP contribution is -1.94. The van der Waals surface area contributed by atoms with E-state index in [0.29, 0.717) is 11.0 Å². The molecular formula is C8H7ClN2O2S. The summed E-state index contributed by atoms with van der Waals surface area (Å²) < 4.78 is 24.1. The molecule has 0 fully saturated rings. The molecule has 0 amide bonds. The molecule has 2 rings (SSSR count). The number of nitrogens with zero attached hydrogens (tertiary/aromatic N) is 2. The van der Waals surface area contributed by atoms with E-state index in [1.165, 1.54) is 12.3 Å². The highest BCUT2D eigenvalue weighted by atomic mass is 35.7. The molecule has 0 radical (unpaired) electrons. The molecule has 0 unspecified atom stereocenters. The van der Waals surface area contributed by atoms with Crippen LogP contribution in [0.15, 0.2) is 29.4 Å². The molecule has 0 aliphatic carbocycles. The first-order chi connectivity index (χ1) is 6.50. The van der Waals surface area contributed by atoms with Crippen LogP contribution in [0, 0.1) is 0 Å². The van der Waals surface area contributed by atoms with E-state index in [2.05, 4.69) is 4.98 Å². The average molecular weight is 231 g/mol. The first-order valence-corrected chi connectivity index (χ1v) is 6.16. The Labute approximate surface area is 85.5 Å². The van der Waals surface area contributed by atoms with Gasteiger partial charge in [0, 0.05) is 35.5 Å². The highest BCUT2D eigenvalue weighted by Crippen LogP contribution is 2.24. The van der Waals surface area contributed by atoms with E-state index in [4.69, 9.17) is 10.7 Å². The van der Waals surface area contributed by atoms with E-state index in [0.717, 1.165) is 0 Å². The molecule has 0 saturated heterocycles. The predicted molar refractivity (Wildman–Crippen MR) is 53.8 cm³/mol. The van der Waals surface area contributed by atoms with Crippen molar-refractivity contribution < 1.29 is 8.42 Å². The second-order valence-electron chi connectivity index (χ2n) is 2.91. The van der Waals surface area contributed by atoms with Gasteiger partial charge in [0.05, 0.1) is 4.90 Å². The summed E-state index contributed by atoms with van der Waals surface area (Å²) in [6.07, 6.45) is 3.17. The number of hydrogen-bond donors (Lipinski definition) is 0. The highest BCUT2D eigenvalue weighted by molar-refractivity contribution is 8.14. The predicted octanol–water partition coefficient (Wildman–Crippen LogP) is 1.50. The summed E-state index contributed by atoms with van der Waals surface area (Å²) in [6.45, 7) is 0. The molecule has 6 heteroatoms. The van der Waals surface area contributed by atoms with Gasteiger partial charge in [0.25, 0.3) is 9.05 Å². The van der Waals surface area contributed by atoms with Crippen LogP contribution in [0.5, 0.6) is 0 Å². The van der Waals surface area contributed by atoms with Gasteiger partial charge in [-0.3, -0.25) is 0 Å². The highest BCUT2D eigenvalue weighted by Gasteiger charge is 2.15. The lowest BCUT2D eigenvalue weighted by molar-refractivity contribution is 0.610. The largest absolute Gasteiger partial charge is 0.336 e. The molecule has 2 aromatic rings. The minimum atomic E-state index is -3.70. The molecule has 0 bridgehead atoms. The first-order valence-electron chi connectivity index (χ1n) is 3.85. The molecule has 0 aliphatic heterocycles. The molecule has 14 heavy (non-hydrogen) atoms. The molecule has 4 nitrogen and oxygen atoms in total. The minimum Gasteiger partial charge on any atom is -0.336 e. The van der Waals surface area contributed by atoms with Crippen molar-refractivity contribution in [2.24, 2.45) is 7.05 Å². The van der Waals surface area contributed by atoms with Gasteiger partial charge in [0.2, 0.25) is 0 Å². The molecule has 0 N–H and O–H groups in total. The van der Waals surface area contributed by atoms with E-state index in [-0.39, 0.29) is 4.90 Å². The number of fused-ring (bicyclic) bond motifs is 1. The summed E-state index contributed by atoms with van der Waals surface area (Å²) in [5.74, 6) is 0. The standard InChI is InChI=1S/C8H7ClN2O2S/c1-11-5-3-6-7(14(9,12)13)2-4-10-8(6)11/h2-5H,1H3. The zero-order chi connectivity index (χ0) is 10.3. The van der Waals surface area contributed by atoms with Crippen LogP contribution in [-0.2, 0) is 16.1 Å². The van der Waals surface area contributed by atoms with Crippen LogP contribution in [0.4, 0.5) is 0 Å². The minimum absolute atomic E-state index is 0.102. The zero-order valence-electron chi connectivity index (χ0n) is 7.31. The van der Waals surface area contributed by atoms with Gasteiger partial charge in [0.15, 0.2) is 0 Å². The van der Waals surface area contributed by atoms with Crippen LogP contribution in [0.1, 0.15) is 0 Å². The summed E-state index contributed by atoms with van der Waals surface area (Å²) in [5.41, 5.74) is 0.603. The monoisotopic (exact) mass is 230 g/mol. The lowest BCUT2D eigenvalue weighted by atomic mass is 10.3. The second-order valence-corrected chi connectivity index (χ2v) is 5.45. The second kappa shape index (κ2) is 2.96. The molecule has 0 aromatic carbocycles. The van der Waals surface area contributed by atoms with Gasteiger partial charge in [-0.1, -0.05) is 0 Å². The lowest BCUT2D eigenvalue weighted by Gasteiger charge is -1.98. The number of aryl methyl sites for hydroxylation is 1. The third-order valence-corrected chi connectivity index (χ3v) is 3.37. The van der Waals surface area contributed by atoms with Crippen LogP contribution in [-0.4, -0.2) is 18.0 Å². The molecule has 74 valence electrons. The average Bonchev–Trinajstić information content (AvgIpc) is 2.46. The fraction of sp³-hybridized carbons (Fsp3) is 0.125. The summed E-state index contributed by atoms with van der Waals surface area (Å²) >= 11 is 0. The number of hydrogen-bond acceptors (Lipinski definition) is 3. The van der Waals surface area contributed by atoms with E-state index in [1.54, 1.807) is 23.9 Å². The molecule has 0 aliphatic rings. The number of halogens is 1. The fourth-order valence-corrected chi connectivity index (χ4v) is 2.40. The van der Waals surface area contributed by atoms with Crippen molar-refractivity contribution in [3.05, 3.63) is 24.5 Å². The topological polar surface area (TPSA) is 52.0 Å². The Kier molecular flexibility index (Phi) is 2.01. The molecule has 2 heterocycles. The van der Waals surface area contributed by atoms with Gasteiger partial charge in [-0.05, 0) is 12.1 Å². The Morgan fingerprint density at radius 3 is 2.79 bits per heavy atom. The molecule has 0 saturated carbocycles. The summed E-state index contributed by atoms with van der Waals surface area (Å²) in [7, 11) is 3.38. The fourth-order valence-electron chi connectivity index (χ4n) is 1.35. The summed E-state index contributed by atoms with van der Waals surface area (Å²) in [6, 6.07) is 3.07. The van der Waals surface area contributed by atoms with Crippen LogP contribution >= 0.6 is 10.7 Å². The maximum atomic E-state index is 11.2.